The zero-order valence-electron chi connectivity index (χ0n) is 4.05. The molecule has 0 aliphatic rings. The van der Waals surface area contributed by atoms with E-state index in [1.807, 2.05) is 0 Å². The summed E-state index contributed by atoms with van der Waals surface area (Å²) in [7, 11) is 0. The van der Waals surface area contributed by atoms with Gasteiger partial charge in [0.05, 0.1) is 6.92 Å². The molecule has 1 amide bonds. The molecular formula is C4H9N2O+. The normalized spacial score (nSPS) is 13.3. The molecular weight excluding hydrogens is 92.1 g/mol. The van der Waals surface area contributed by atoms with E-state index in [1.165, 1.54) is 0 Å². The maximum Gasteiger partial charge on any atom is 0.238 e. The molecule has 4 N–H and O–H groups in total. The van der Waals surface area contributed by atoms with E-state index in [2.05, 4.69) is 6.92 Å². The molecule has 0 aromatic carbocycles. The van der Waals surface area contributed by atoms with Gasteiger partial charge in [-0.05, 0) is 0 Å². The lowest BCUT2D eigenvalue weighted by molar-refractivity contribution is -0.119. The molecule has 3 heteroatoms. The predicted octanol–water partition coefficient (Wildman–Crippen LogP) is -0.977. The van der Waals surface area contributed by atoms with Crippen LogP contribution in [0.25, 0.3) is 0 Å². The number of rotatable bonds is 2. The Morgan fingerprint density at radius 1 is 1.86 bits per heavy atom. The lowest BCUT2D eigenvalue weighted by Gasteiger charge is -1.94. The zero-order chi connectivity index (χ0) is 5.86. The van der Waals surface area contributed by atoms with Crippen LogP contribution in [-0.2, 0) is 4.79 Å². The average molecular weight is 101 g/mol. The lowest BCUT2D eigenvalue weighted by atomic mass is 10.2. The molecule has 0 aliphatic carbocycles. The number of carbonyl (C=O) groups is 1. The number of primary amides is 1. The fraction of sp³-hybridized carbons (Fsp3) is 0.500. The molecule has 0 unspecified atom stereocenters. The van der Waals surface area contributed by atoms with Gasteiger partial charge in [0.15, 0.2) is 0 Å². The van der Waals surface area contributed by atoms with Crippen LogP contribution in [-0.4, -0.2) is 11.9 Å². The third-order valence-corrected chi connectivity index (χ3v) is 0.676. The second-order valence-corrected chi connectivity index (χ2v) is 1.30. The van der Waals surface area contributed by atoms with Crippen molar-refractivity contribution < 1.29 is 4.79 Å². The molecule has 0 aromatic heterocycles. The standard InChI is InChI=1S/C4H8N2O/c1-2-3(5)4(6)7/h3H,1-2,5H2,(H-,6,7)/p+1/t3-/m0/s1. The van der Waals surface area contributed by atoms with Crippen LogP contribution in [0.1, 0.15) is 6.42 Å². The highest BCUT2D eigenvalue weighted by Crippen LogP contribution is 1.79. The van der Waals surface area contributed by atoms with Crippen molar-refractivity contribution in [3.63, 3.8) is 0 Å². The van der Waals surface area contributed by atoms with Gasteiger partial charge < -0.3 is 11.5 Å². The van der Waals surface area contributed by atoms with E-state index < -0.39 is 11.9 Å². The largest absolute Gasteiger partial charge is 0.368 e. The first-order valence-electron chi connectivity index (χ1n) is 2.02. The summed E-state index contributed by atoms with van der Waals surface area (Å²) in [5.74, 6) is -0.491. The molecule has 0 saturated heterocycles. The third kappa shape index (κ3) is 2.05. The first-order valence-corrected chi connectivity index (χ1v) is 2.02. The molecule has 0 bridgehead atoms. The minimum absolute atomic E-state index is 0.370. The summed E-state index contributed by atoms with van der Waals surface area (Å²) in [5.41, 5.74) is 9.82. The second-order valence-electron chi connectivity index (χ2n) is 1.30. The average Bonchev–Trinajstić information content (AvgIpc) is 1.65. The highest BCUT2D eigenvalue weighted by atomic mass is 16.1. The maximum atomic E-state index is 9.99. The number of carbonyl (C=O) groups excluding carboxylic acids is 1. The van der Waals surface area contributed by atoms with Crippen molar-refractivity contribution in [1.82, 2.24) is 0 Å². The SMILES string of the molecule is [CH2+]C[C@H](N)C(N)=O. The van der Waals surface area contributed by atoms with Crippen molar-refractivity contribution in [2.45, 2.75) is 12.5 Å². The van der Waals surface area contributed by atoms with E-state index in [0.717, 1.165) is 0 Å². The van der Waals surface area contributed by atoms with Gasteiger partial charge in [0.2, 0.25) is 5.91 Å². The monoisotopic (exact) mass is 101 g/mol. The zero-order valence-corrected chi connectivity index (χ0v) is 4.05. The predicted molar refractivity (Wildman–Crippen MR) is 27.1 cm³/mol. The van der Waals surface area contributed by atoms with E-state index >= 15 is 0 Å². The molecule has 0 radical (unpaired) electrons. The molecule has 0 aromatic rings. The molecule has 0 rings (SSSR count). The van der Waals surface area contributed by atoms with Crippen LogP contribution in [0.15, 0.2) is 0 Å². The smallest absolute Gasteiger partial charge is 0.238 e. The molecule has 7 heavy (non-hydrogen) atoms. The summed E-state index contributed by atoms with van der Waals surface area (Å²) >= 11 is 0. The Kier molecular flexibility index (Phi) is 2.22. The van der Waals surface area contributed by atoms with Crippen LogP contribution in [0.2, 0.25) is 0 Å². The summed E-state index contributed by atoms with van der Waals surface area (Å²) in [6.45, 7) is 3.38. The van der Waals surface area contributed by atoms with Crippen LogP contribution in [0.4, 0.5) is 0 Å². The Bertz CT molecular complexity index is 72.1. The van der Waals surface area contributed by atoms with Crippen LogP contribution in [0, 0.1) is 6.92 Å². The van der Waals surface area contributed by atoms with Gasteiger partial charge in [-0.3, -0.25) is 4.79 Å². The molecule has 0 fully saturated rings. The second kappa shape index (κ2) is 2.47. The van der Waals surface area contributed by atoms with Crippen LogP contribution in [0.3, 0.4) is 0 Å². The van der Waals surface area contributed by atoms with E-state index in [0.29, 0.717) is 6.42 Å². The van der Waals surface area contributed by atoms with E-state index in [9.17, 15) is 4.79 Å². The van der Waals surface area contributed by atoms with Gasteiger partial charge >= 0.3 is 0 Å². The number of hydrogen-bond acceptors (Lipinski definition) is 2. The summed E-state index contributed by atoms with van der Waals surface area (Å²) in [6.07, 6.45) is 0.370. The van der Waals surface area contributed by atoms with E-state index in [4.69, 9.17) is 11.5 Å². The highest BCUT2D eigenvalue weighted by molar-refractivity contribution is 5.79. The Morgan fingerprint density at radius 2 is 2.29 bits per heavy atom. The highest BCUT2D eigenvalue weighted by Gasteiger charge is 2.07. The fourth-order valence-corrected chi connectivity index (χ4v) is 0.142. The maximum absolute atomic E-state index is 9.99. The Balaban J connectivity index is 3.34. The van der Waals surface area contributed by atoms with Crippen LogP contribution < -0.4 is 11.5 Å². The van der Waals surface area contributed by atoms with Crippen molar-refractivity contribution in [1.29, 1.82) is 0 Å². The van der Waals surface area contributed by atoms with Crippen molar-refractivity contribution in [2.75, 3.05) is 0 Å². The van der Waals surface area contributed by atoms with Gasteiger partial charge in [0, 0.05) is 0 Å². The van der Waals surface area contributed by atoms with Crippen molar-refractivity contribution >= 4 is 5.91 Å². The minimum Gasteiger partial charge on any atom is -0.368 e. The molecule has 1 atom stereocenters. The van der Waals surface area contributed by atoms with Crippen molar-refractivity contribution in [3.05, 3.63) is 6.92 Å². The minimum atomic E-state index is -0.569. The Labute approximate surface area is 42.7 Å². The molecule has 3 nitrogen and oxygen atoms in total. The molecule has 40 valence electrons. The summed E-state index contributed by atoms with van der Waals surface area (Å²) in [5, 5.41) is 0. The Morgan fingerprint density at radius 3 is 2.29 bits per heavy atom. The topological polar surface area (TPSA) is 69.1 Å². The summed E-state index contributed by atoms with van der Waals surface area (Å²) < 4.78 is 0. The lowest BCUT2D eigenvalue weighted by Crippen LogP contribution is -2.35. The first kappa shape index (κ1) is 6.30. The van der Waals surface area contributed by atoms with Crippen LogP contribution in [0.5, 0.6) is 0 Å². The van der Waals surface area contributed by atoms with Crippen molar-refractivity contribution in [3.8, 4) is 0 Å². The quantitative estimate of drug-likeness (QED) is 0.439. The van der Waals surface area contributed by atoms with E-state index in [1.54, 1.807) is 0 Å². The molecule has 0 heterocycles. The van der Waals surface area contributed by atoms with Gasteiger partial charge in [0.25, 0.3) is 0 Å². The summed E-state index contributed by atoms with van der Waals surface area (Å²) in [4.78, 5) is 9.99. The molecule has 0 saturated carbocycles. The van der Waals surface area contributed by atoms with Gasteiger partial charge in [0.1, 0.15) is 12.5 Å². The molecule has 0 spiro atoms. The number of hydrogen-bond donors (Lipinski definition) is 2. The third-order valence-electron chi connectivity index (χ3n) is 0.676. The number of amides is 1. The van der Waals surface area contributed by atoms with Gasteiger partial charge in [-0.1, -0.05) is 0 Å². The van der Waals surface area contributed by atoms with E-state index in [-0.39, 0.29) is 0 Å². The molecule has 0 aliphatic heterocycles. The fourth-order valence-electron chi connectivity index (χ4n) is 0.142. The first-order chi connectivity index (χ1) is 3.18. The van der Waals surface area contributed by atoms with Gasteiger partial charge in [-0.2, -0.15) is 0 Å². The van der Waals surface area contributed by atoms with Crippen LogP contribution >= 0.6 is 0 Å². The summed E-state index contributed by atoms with van der Waals surface area (Å²) in [6, 6.07) is -0.569. The number of nitrogens with two attached hydrogens (primary N) is 2. The van der Waals surface area contributed by atoms with Gasteiger partial charge in [-0.15, -0.1) is 0 Å². The Hall–Kier alpha value is -0.700. The van der Waals surface area contributed by atoms with Gasteiger partial charge in [-0.25, -0.2) is 0 Å². The van der Waals surface area contributed by atoms with Crippen molar-refractivity contribution in [2.24, 2.45) is 11.5 Å².